The van der Waals surface area contributed by atoms with Gasteiger partial charge in [0.15, 0.2) is 0 Å². The summed E-state index contributed by atoms with van der Waals surface area (Å²) in [5.74, 6) is 0.499. The minimum atomic E-state index is -0.0963. The van der Waals surface area contributed by atoms with Crippen molar-refractivity contribution in [3.8, 4) is 0 Å². The van der Waals surface area contributed by atoms with Gasteiger partial charge in [0.2, 0.25) is 0 Å². The molecule has 1 N–H and O–H groups in total. The lowest BCUT2D eigenvalue weighted by Crippen LogP contribution is -2.46. The van der Waals surface area contributed by atoms with E-state index in [0.29, 0.717) is 24.0 Å². The molecule has 3 unspecified atom stereocenters. The van der Waals surface area contributed by atoms with Crippen LogP contribution in [0.25, 0.3) is 0 Å². The van der Waals surface area contributed by atoms with Crippen LogP contribution in [0.1, 0.15) is 55.8 Å². The number of aliphatic hydroxyl groups is 1. The predicted octanol–water partition coefficient (Wildman–Crippen LogP) is 3.32. The van der Waals surface area contributed by atoms with E-state index in [2.05, 4.69) is 22.2 Å². The quantitative estimate of drug-likeness (QED) is 0.867. The van der Waals surface area contributed by atoms with Gasteiger partial charge in [-0.25, -0.2) is 4.98 Å². The second kappa shape index (κ2) is 5.68. The Morgan fingerprint density at radius 3 is 2.68 bits per heavy atom. The van der Waals surface area contributed by atoms with E-state index in [-0.39, 0.29) is 6.10 Å². The first kappa shape index (κ1) is 13.8. The Hall–Kier alpha value is -0.160. The molecule has 0 amide bonds. The van der Waals surface area contributed by atoms with Crippen LogP contribution in [-0.2, 0) is 5.88 Å². The van der Waals surface area contributed by atoms with Crippen LogP contribution in [0.3, 0.4) is 0 Å². The highest BCUT2D eigenvalue weighted by Crippen LogP contribution is 2.43. The van der Waals surface area contributed by atoms with Crippen molar-refractivity contribution < 1.29 is 5.11 Å². The standard InChI is InChI=1S/C14H21ClN2OS/c1-2-13(14-16-9(7-15)8-19-14)17-10-3-4-11(17)6-12(18)5-10/h8,10-13,18H,2-7H2,1H3. The number of hydrogen-bond donors (Lipinski definition) is 1. The maximum Gasteiger partial charge on any atom is 0.110 e. The van der Waals surface area contributed by atoms with Crippen molar-refractivity contribution in [3.05, 3.63) is 16.1 Å². The lowest BCUT2D eigenvalue weighted by molar-refractivity contribution is 0.00833. The molecule has 2 aliphatic rings. The molecule has 3 rings (SSSR count). The van der Waals surface area contributed by atoms with E-state index >= 15 is 0 Å². The number of hydrogen-bond acceptors (Lipinski definition) is 4. The Morgan fingerprint density at radius 2 is 2.16 bits per heavy atom. The highest BCUT2D eigenvalue weighted by Gasteiger charge is 2.43. The summed E-state index contributed by atoms with van der Waals surface area (Å²) in [6.07, 6.45) is 5.30. The molecule has 0 saturated carbocycles. The first-order valence-electron chi connectivity index (χ1n) is 7.18. The number of thiazole rings is 1. The largest absolute Gasteiger partial charge is 0.393 e. The summed E-state index contributed by atoms with van der Waals surface area (Å²) in [6.45, 7) is 2.23. The van der Waals surface area contributed by atoms with Crippen molar-refractivity contribution in [1.82, 2.24) is 9.88 Å². The van der Waals surface area contributed by atoms with Crippen LogP contribution in [0, 0.1) is 0 Å². The number of rotatable bonds is 4. The van der Waals surface area contributed by atoms with Crippen molar-refractivity contribution in [2.75, 3.05) is 0 Å². The van der Waals surface area contributed by atoms with E-state index in [1.54, 1.807) is 11.3 Å². The number of aliphatic hydroxyl groups excluding tert-OH is 1. The first-order valence-corrected chi connectivity index (χ1v) is 8.60. The molecule has 3 atom stereocenters. The van der Waals surface area contributed by atoms with Crippen LogP contribution in [0.2, 0.25) is 0 Å². The Kier molecular flexibility index (Phi) is 4.13. The smallest absolute Gasteiger partial charge is 0.110 e. The highest BCUT2D eigenvalue weighted by atomic mass is 35.5. The third kappa shape index (κ3) is 2.56. The van der Waals surface area contributed by atoms with Crippen LogP contribution in [0.15, 0.2) is 5.38 Å². The Morgan fingerprint density at radius 1 is 1.47 bits per heavy atom. The molecule has 0 spiro atoms. The summed E-state index contributed by atoms with van der Waals surface area (Å²) in [4.78, 5) is 7.30. The van der Waals surface area contributed by atoms with E-state index < -0.39 is 0 Å². The van der Waals surface area contributed by atoms with E-state index in [9.17, 15) is 5.11 Å². The fraction of sp³-hybridized carbons (Fsp3) is 0.786. The van der Waals surface area contributed by atoms with E-state index in [1.165, 1.54) is 17.8 Å². The molecule has 2 fully saturated rings. The SMILES string of the molecule is CCC(c1nc(CCl)cs1)N1C2CCC1CC(O)C2. The number of nitrogens with zero attached hydrogens (tertiary/aromatic N) is 2. The molecular weight excluding hydrogens is 280 g/mol. The second-order valence-corrected chi connectivity index (χ2v) is 6.85. The average Bonchev–Trinajstić information content (AvgIpc) is 2.96. The van der Waals surface area contributed by atoms with Gasteiger partial charge >= 0.3 is 0 Å². The molecule has 0 radical (unpaired) electrons. The third-order valence-corrected chi connectivity index (χ3v) is 5.77. The molecule has 3 nitrogen and oxygen atoms in total. The van der Waals surface area contributed by atoms with Gasteiger partial charge in [-0.15, -0.1) is 22.9 Å². The summed E-state index contributed by atoms with van der Waals surface area (Å²) >= 11 is 7.59. The van der Waals surface area contributed by atoms with Crippen molar-refractivity contribution in [1.29, 1.82) is 0 Å². The molecule has 19 heavy (non-hydrogen) atoms. The highest BCUT2D eigenvalue weighted by molar-refractivity contribution is 7.09. The maximum atomic E-state index is 9.92. The molecule has 106 valence electrons. The van der Waals surface area contributed by atoms with Gasteiger partial charge in [-0.05, 0) is 32.1 Å². The average molecular weight is 301 g/mol. The van der Waals surface area contributed by atoms with Crippen LogP contribution in [0.5, 0.6) is 0 Å². The molecule has 2 bridgehead atoms. The van der Waals surface area contributed by atoms with Crippen LogP contribution >= 0.6 is 22.9 Å². The first-order chi connectivity index (χ1) is 9.22. The number of alkyl halides is 1. The zero-order valence-electron chi connectivity index (χ0n) is 11.3. The molecule has 0 aromatic carbocycles. The fourth-order valence-corrected chi connectivity index (χ4v) is 4.98. The van der Waals surface area contributed by atoms with Crippen LogP contribution in [-0.4, -0.2) is 33.2 Å². The second-order valence-electron chi connectivity index (χ2n) is 5.69. The van der Waals surface area contributed by atoms with E-state index in [1.807, 2.05) is 0 Å². The van der Waals surface area contributed by atoms with Gasteiger partial charge in [0, 0.05) is 17.5 Å². The fourth-order valence-electron chi connectivity index (χ4n) is 3.74. The van der Waals surface area contributed by atoms with Gasteiger partial charge in [-0.2, -0.15) is 0 Å². The minimum absolute atomic E-state index is 0.0963. The molecule has 1 aromatic rings. The Labute approximate surface area is 123 Å². The summed E-state index contributed by atoms with van der Waals surface area (Å²) < 4.78 is 0. The molecule has 3 heterocycles. The van der Waals surface area contributed by atoms with Crippen molar-refractivity contribution >= 4 is 22.9 Å². The van der Waals surface area contributed by atoms with E-state index in [0.717, 1.165) is 25.0 Å². The topological polar surface area (TPSA) is 36.4 Å². The van der Waals surface area contributed by atoms with Crippen LogP contribution in [0.4, 0.5) is 0 Å². The lowest BCUT2D eigenvalue weighted by Gasteiger charge is -2.41. The van der Waals surface area contributed by atoms with E-state index in [4.69, 9.17) is 11.6 Å². The number of fused-ring (bicyclic) bond motifs is 2. The summed E-state index contributed by atoms with van der Waals surface area (Å²) in [5, 5.41) is 13.2. The number of piperidine rings is 1. The van der Waals surface area contributed by atoms with Crippen molar-refractivity contribution in [2.24, 2.45) is 0 Å². The molecule has 2 saturated heterocycles. The van der Waals surface area contributed by atoms with Gasteiger partial charge in [0.05, 0.1) is 23.7 Å². The minimum Gasteiger partial charge on any atom is -0.393 e. The third-order valence-electron chi connectivity index (χ3n) is 4.50. The molecular formula is C14H21ClN2OS. The molecule has 1 aromatic heterocycles. The van der Waals surface area contributed by atoms with Gasteiger partial charge in [0.25, 0.3) is 0 Å². The summed E-state index contributed by atoms with van der Waals surface area (Å²) in [6, 6.07) is 1.50. The summed E-state index contributed by atoms with van der Waals surface area (Å²) in [7, 11) is 0. The van der Waals surface area contributed by atoms with Gasteiger partial charge in [0.1, 0.15) is 5.01 Å². The zero-order valence-corrected chi connectivity index (χ0v) is 12.8. The Bertz CT molecular complexity index is 425. The summed E-state index contributed by atoms with van der Waals surface area (Å²) in [5.41, 5.74) is 0.990. The zero-order chi connectivity index (χ0) is 13.4. The lowest BCUT2D eigenvalue weighted by atomic mass is 9.97. The monoisotopic (exact) mass is 300 g/mol. The molecule has 5 heteroatoms. The van der Waals surface area contributed by atoms with Gasteiger partial charge < -0.3 is 5.11 Å². The van der Waals surface area contributed by atoms with Gasteiger partial charge in [-0.3, -0.25) is 4.90 Å². The van der Waals surface area contributed by atoms with Crippen LogP contribution < -0.4 is 0 Å². The number of halogens is 1. The number of aromatic nitrogens is 1. The molecule has 2 aliphatic heterocycles. The Balaban J connectivity index is 1.82. The molecule has 0 aliphatic carbocycles. The van der Waals surface area contributed by atoms with Crippen molar-refractivity contribution in [2.45, 2.75) is 69.1 Å². The van der Waals surface area contributed by atoms with Gasteiger partial charge in [-0.1, -0.05) is 6.92 Å². The normalized spacial score (nSPS) is 32.7. The predicted molar refractivity (Wildman–Crippen MR) is 78.6 cm³/mol. The van der Waals surface area contributed by atoms with Crippen molar-refractivity contribution in [3.63, 3.8) is 0 Å². The maximum absolute atomic E-state index is 9.92.